The van der Waals surface area contributed by atoms with Gasteiger partial charge in [-0.3, -0.25) is 9.20 Å². The summed E-state index contributed by atoms with van der Waals surface area (Å²) in [5.74, 6) is -0.214. The smallest absolute Gasteiger partial charge is 0.240 e. The van der Waals surface area contributed by atoms with E-state index in [-0.39, 0.29) is 16.8 Å². The molecule has 0 spiro atoms. The highest BCUT2D eigenvalue weighted by molar-refractivity contribution is 8.00. The fourth-order valence-corrected chi connectivity index (χ4v) is 4.54. The minimum atomic E-state index is -3.56. The van der Waals surface area contributed by atoms with Crippen LogP contribution in [0.15, 0.2) is 58.7 Å². The van der Waals surface area contributed by atoms with Crippen molar-refractivity contribution in [3.8, 4) is 0 Å². The Morgan fingerprint density at radius 3 is 2.46 bits per heavy atom. The molecule has 8 nitrogen and oxygen atoms in total. The van der Waals surface area contributed by atoms with E-state index in [0.29, 0.717) is 16.5 Å². The SMILES string of the molecule is CC(C)NS(=O)(=O)c1ccc(NC(=O)[C@H](C)Sc2nnc3ccccn23)cc1. The predicted molar refractivity (Wildman–Crippen MR) is 109 cm³/mol. The summed E-state index contributed by atoms with van der Waals surface area (Å²) in [4.78, 5) is 12.6. The number of anilines is 1. The second kappa shape index (κ2) is 8.29. The second-order valence-corrected chi connectivity index (χ2v) is 9.48. The van der Waals surface area contributed by atoms with Crippen molar-refractivity contribution < 1.29 is 13.2 Å². The first-order chi connectivity index (χ1) is 13.3. The summed E-state index contributed by atoms with van der Waals surface area (Å²) in [6, 6.07) is 11.4. The van der Waals surface area contributed by atoms with Crippen molar-refractivity contribution in [1.82, 2.24) is 19.3 Å². The Hall–Kier alpha value is -2.43. The van der Waals surface area contributed by atoms with Gasteiger partial charge in [-0.15, -0.1) is 10.2 Å². The van der Waals surface area contributed by atoms with Crippen LogP contribution in [0.3, 0.4) is 0 Å². The summed E-state index contributed by atoms with van der Waals surface area (Å²) >= 11 is 1.29. The second-order valence-electron chi connectivity index (χ2n) is 6.46. The van der Waals surface area contributed by atoms with E-state index < -0.39 is 15.3 Å². The van der Waals surface area contributed by atoms with E-state index >= 15 is 0 Å². The van der Waals surface area contributed by atoms with E-state index in [2.05, 4.69) is 20.2 Å². The van der Waals surface area contributed by atoms with Gasteiger partial charge >= 0.3 is 0 Å². The van der Waals surface area contributed by atoms with Gasteiger partial charge in [0.05, 0.1) is 10.1 Å². The van der Waals surface area contributed by atoms with Crippen molar-refractivity contribution in [2.75, 3.05) is 5.32 Å². The lowest BCUT2D eigenvalue weighted by Gasteiger charge is -2.12. The van der Waals surface area contributed by atoms with Crippen LogP contribution in [0.2, 0.25) is 0 Å². The normalized spacial score (nSPS) is 13.0. The summed E-state index contributed by atoms with van der Waals surface area (Å²) in [7, 11) is -3.56. The molecule has 0 radical (unpaired) electrons. The molecule has 0 aliphatic heterocycles. The van der Waals surface area contributed by atoms with Gasteiger partial charge in [-0.05, 0) is 57.2 Å². The van der Waals surface area contributed by atoms with Gasteiger partial charge in [-0.1, -0.05) is 17.8 Å². The van der Waals surface area contributed by atoms with Crippen molar-refractivity contribution in [2.45, 2.75) is 42.1 Å². The van der Waals surface area contributed by atoms with Crippen LogP contribution >= 0.6 is 11.8 Å². The van der Waals surface area contributed by atoms with E-state index in [9.17, 15) is 13.2 Å². The minimum Gasteiger partial charge on any atom is -0.325 e. The molecule has 1 atom stereocenters. The van der Waals surface area contributed by atoms with Gasteiger partial charge in [0.25, 0.3) is 0 Å². The number of hydrogen-bond donors (Lipinski definition) is 2. The fraction of sp³-hybridized carbons (Fsp3) is 0.278. The topological polar surface area (TPSA) is 105 Å². The maximum absolute atomic E-state index is 12.5. The number of hydrogen-bond acceptors (Lipinski definition) is 6. The quantitative estimate of drug-likeness (QED) is 0.570. The number of amides is 1. The van der Waals surface area contributed by atoms with Crippen molar-refractivity contribution in [1.29, 1.82) is 0 Å². The molecule has 0 unspecified atom stereocenters. The number of carbonyl (C=O) groups excluding carboxylic acids is 1. The van der Waals surface area contributed by atoms with Crippen LogP contribution in [-0.2, 0) is 14.8 Å². The van der Waals surface area contributed by atoms with E-state index in [1.165, 1.54) is 23.9 Å². The molecule has 0 saturated heterocycles. The van der Waals surface area contributed by atoms with Gasteiger partial charge in [0.1, 0.15) is 0 Å². The zero-order chi connectivity index (χ0) is 20.3. The maximum Gasteiger partial charge on any atom is 0.240 e. The third kappa shape index (κ3) is 4.70. The lowest BCUT2D eigenvalue weighted by atomic mass is 10.3. The molecule has 10 heteroatoms. The number of nitrogens with one attached hydrogen (secondary N) is 2. The zero-order valence-electron chi connectivity index (χ0n) is 15.7. The standard InChI is InChI=1S/C18H21N5O3S2/c1-12(2)22-28(25,26)15-9-7-14(8-10-15)19-17(24)13(3)27-18-21-20-16-6-4-5-11-23(16)18/h4-13,22H,1-3H3,(H,19,24)/t13-/m0/s1. The highest BCUT2D eigenvalue weighted by Gasteiger charge is 2.19. The number of carbonyl (C=O) groups is 1. The predicted octanol–water partition coefficient (Wildman–Crippen LogP) is 2.54. The number of pyridine rings is 1. The molecule has 0 aliphatic rings. The van der Waals surface area contributed by atoms with Gasteiger partial charge in [0.2, 0.25) is 15.9 Å². The molecule has 2 heterocycles. The molecule has 3 aromatic rings. The maximum atomic E-state index is 12.5. The Balaban J connectivity index is 1.65. The van der Waals surface area contributed by atoms with Crippen LogP contribution in [0.25, 0.3) is 5.65 Å². The fourth-order valence-electron chi connectivity index (χ4n) is 2.45. The molecule has 0 fully saturated rings. The van der Waals surface area contributed by atoms with Crippen LogP contribution in [0.5, 0.6) is 0 Å². The molecule has 1 amide bonds. The number of fused-ring (bicyclic) bond motifs is 1. The Morgan fingerprint density at radius 1 is 1.07 bits per heavy atom. The summed E-state index contributed by atoms with van der Waals surface area (Å²) in [5, 5.41) is 11.2. The number of nitrogens with zero attached hydrogens (tertiary/aromatic N) is 3. The van der Waals surface area contributed by atoms with Crippen LogP contribution in [0.4, 0.5) is 5.69 Å². The number of aromatic nitrogens is 3. The third-order valence-electron chi connectivity index (χ3n) is 3.76. The molecule has 3 rings (SSSR count). The van der Waals surface area contributed by atoms with Gasteiger partial charge in [0, 0.05) is 17.9 Å². The van der Waals surface area contributed by atoms with Gasteiger partial charge in [0.15, 0.2) is 10.8 Å². The summed E-state index contributed by atoms with van der Waals surface area (Å²) in [6.07, 6.45) is 1.84. The number of benzene rings is 1. The van der Waals surface area contributed by atoms with Crippen molar-refractivity contribution in [2.24, 2.45) is 0 Å². The zero-order valence-corrected chi connectivity index (χ0v) is 17.3. The van der Waals surface area contributed by atoms with Crippen LogP contribution in [-0.4, -0.2) is 40.2 Å². The molecule has 28 heavy (non-hydrogen) atoms. The lowest BCUT2D eigenvalue weighted by Crippen LogP contribution is -2.30. The molecular weight excluding hydrogens is 398 g/mol. The highest BCUT2D eigenvalue weighted by Crippen LogP contribution is 2.23. The Kier molecular flexibility index (Phi) is 6.01. The minimum absolute atomic E-state index is 0.150. The molecule has 2 N–H and O–H groups in total. The van der Waals surface area contributed by atoms with Crippen LogP contribution in [0.1, 0.15) is 20.8 Å². The first kappa shape index (κ1) is 20.3. The monoisotopic (exact) mass is 419 g/mol. The van der Waals surface area contributed by atoms with Crippen molar-refractivity contribution >= 4 is 39.0 Å². The largest absolute Gasteiger partial charge is 0.325 e. The van der Waals surface area contributed by atoms with Crippen LogP contribution in [0, 0.1) is 0 Å². The molecule has 0 saturated carbocycles. The first-order valence-electron chi connectivity index (χ1n) is 8.66. The molecule has 2 aromatic heterocycles. The van der Waals surface area contributed by atoms with Crippen LogP contribution < -0.4 is 10.0 Å². The average Bonchev–Trinajstić information content (AvgIpc) is 3.04. The number of rotatable bonds is 7. The lowest BCUT2D eigenvalue weighted by molar-refractivity contribution is -0.115. The van der Waals surface area contributed by atoms with Gasteiger partial charge < -0.3 is 5.32 Å². The molecule has 0 bridgehead atoms. The van der Waals surface area contributed by atoms with Crippen molar-refractivity contribution in [3.05, 3.63) is 48.7 Å². The summed E-state index contributed by atoms with van der Waals surface area (Å²) in [5.41, 5.74) is 1.23. The molecule has 0 aliphatic carbocycles. The number of thioether (sulfide) groups is 1. The van der Waals surface area contributed by atoms with E-state index in [1.807, 2.05) is 28.8 Å². The van der Waals surface area contributed by atoms with E-state index in [4.69, 9.17) is 0 Å². The Morgan fingerprint density at radius 2 is 1.79 bits per heavy atom. The van der Waals surface area contributed by atoms with Crippen molar-refractivity contribution in [3.63, 3.8) is 0 Å². The summed E-state index contributed by atoms with van der Waals surface area (Å²) in [6.45, 7) is 5.28. The Labute approximate surface area is 167 Å². The first-order valence-corrected chi connectivity index (χ1v) is 11.0. The summed E-state index contributed by atoms with van der Waals surface area (Å²) < 4.78 is 28.6. The van der Waals surface area contributed by atoms with E-state index in [0.717, 1.165) is 0 Å². The van der Waals surface area contributed by atoms with Gasteiger partial charge in [-0.2, -0.15) is 0 Å². The van der Waals surface area contributed by atoms with Gasteiger partial charge in [-0.25, -0.2) is 13.1 Å². The molecular formula is C18H21N5O3S2. The highest BCUT2D eigenvalue weighted by atomic mass is 32.2. The molecule has 1 aromatic carbocycles. The van der Waals surface area contributed by atoms with E-state index in [1.54, 1.807) is 32.9 Å². The average molecular weight is 420 g/mol. The third-order valence-corrected chi connectivity index (χ3v) is 6.49. The molecule has 148 valence electrons. The Bertz CT molecular complexity index is 1080. The number of sulfonamides is 1.